The van der Waals surface area contributed by atoms with Gasteiger partial charge in [0, 0.05) is 23.7 Å². The molecule has 1 aromatic heterocycles. The van der Waals surface area contributed by atoms with Gasteiger partial charge in [-0.15, -0.1) is 0 Å². The minimum absolute atomic E-state index is 0.0255. The summed E-state index contributed by atoms with van der Waals surface area (Å²) in [6.45, 7) is 2.30. The number of benzene rings is 1. The Morgan fingerprint density at radius 3 is 3.06 bits per heavy atom. The topological polar surface area (TPSA) is 39.2 Å². The molecule has 3 heteroatoms. The molecule has 1 aliphatic rings. The van der Waals surface area contributed by atoms with E-state index in [1.54, 1.807) is 0 Å². The fourth-order valence-electron chi connectivity index (χ4n) is 2.48. The number of esters is 1. The predicted molar refractivity (Wildman–Crippen MR) is 69.2 cm³/mol. The molecule has 0 spiro atoms. The van der Waals surface area contributed by atoms with Crippen molar-refractivity contribution >= 4 is 16.7 Å². The number of hydrogen-bond acceptors (Lipinski definition) is 3. The first-order chi connectivity index (χ1) is 8.81. The van der Waals surface area contributed by atoms with Crippen LogP contribution in [0.3, 0.4) is 0 Å². The number of aromatic nitrogens is 1. The van der Waals surface area contributed by atoms with Crippen LogP contribution in [0, 0.1) is 5.92 Å². The normalized spacial score (nSPS) is 21.8. The number of rotatable bonds is 3. The molecule has 3 nitrogen and oxygen atoms in total. The number of nitrogens with zero attached hydrogens (tertiary/aromatic N) is 1. The molecule has 0 radical (unpaired) electrons. The standard InChI is InChI=1S/C15H15NO2/c1-2-18-15(17)13-7-12(13)14-9-16-8-10-5-3-4-6-11(10)14/h3-6,8-9,12-13H,2,7H2,1H3/t12-,13-/m1/s1. The summed E-state index contributed by atoms with van der Waals surface area (Å²) in [7, 11) is 0. The Bertz CT molecular complexity index is 589. The van der Waals surface area contributed by atoms with E-state index in [9.17, 15) is 4.79 Å². The summed E-state index contributed by atoms with van der Waals surface area (Å²) in [6, 6.07) is 8.16. The van der Waals surface area contributed by atoms with Crippen LogP contribution in [0.25, 0.3) is 10.8 Å². The van der Waals surface area contributed by atoms with E-state index in [1.165, 1.54) is 10.9 Å². The highest BCUT2D eigenvalue weighted by Gasteiger charge is 2.45. The zero-order chi connectivity index (χ0) is 12.5. The molecule has 1 heterocycles. The lowest BCUT2D eigenvalue weighted by molar-refractivity contribution is -0.144. The zero-order valence-electron chi connectivity index (χ0n) is 10.3. The van der Waals surface area contributed by atoms with Gasteiger partial charge in [-0.05, 0) is 24.3 Å². The fraction of sp³-hybridized carbons (Fsp3) is 0.333. The highest BCUT2D eigenvalue weighted by atomic mass is 16.5. The number of carbonyl (C=O) groups is 1. The highest BCUT2D eigenvalue weighted by molar-refractivity contribution is 5.87. The van der Waals surface area contributed by atoms with Gasteiger partial charge in [-0.2, -0.15) is 0 Å². The second kappa shape index (κ2) is 4.41. The van der Waals surface area contributed by atoms with Crippen molar-refractivity contribution in [3.63, 3.8) is 0 Å². The molecule has 92 valence electrons. The first kappa shape index (κ1) is 11.2. The second-order valence-corrected chi connectivity index (χ2v) is 4.65. The predicted octanol–water partition coefficient (Wildman–Crippen LogP) is 2.90. The molecule has 0 aliphatic heterocycles. The van der Waals surface area contributed by atoms with Crippen LogP contribution in [-0.2, 0) is 9.53 Å². The number of ether oxygens (including phenoxy) is 1. The third kappa shape index (κ3) is 1.86. The Morgan fingerprint density at radius 2 is 2.22 bits per heavy atom. The lowest BCUT2D eigenvalue weighted by atomic mass is 10.0. The zero-order valence-corrected chi connectivity index (χ0v) is 10.3. The summed E-state index contributed by atoms with van der Waals surface area (Å²) < 4.78 is 5.07. The highest BCUT2D eigenvalue weighted by Crippen LogP contribution is 2.49. The summed E-state index contributed by atoms with van der Waals surface area (Å²) in [5.41, 5.74) is 1.17. The molecule has 0 saturated heterocycles. The van der Waals surface area contributed by atoms with E-state index < -0.39 is 0 Å². The van der Waals surface area contributed by atoms with E-state index in [0.717, 1.165) is 11.8 Å². The quantitative estimate of drug-likeness (QED) is 0.776. The molecule has 1 aromatic carbocycles. The Balaban J connectivity index is 1.91. The summed E-state index contributed by atoms with van der Waals surface area (Å²) in [6.07, 6.45) is 4.63. The van der Waals surface area contributed by atoms with Gasteiger partial charge in [-0.25, -0.2) is 0 Å². The van der Waals surface area contributed by atoms with E-state index in [-0.39, 0.29) is 17.8 Å². The maximum absolute atomic E-state index is 11.7. The molecule has 0 unspecified atom stereocenters. The van der Waals surface area contributed by atoms with Gasteiger partial charge in [0.25, 0.3) is 0 Å². The van der Waals surface area contributed by atoms with Crippen LogP contribution in [0.2, 0.25) is 0 Å². The Hall–Kier alpha value is -1.90. The van der Waals surface area contributed by atoms with Gasteiger partial charge in [0.05, 0.1) is 12.5 Å². The van der Waals surface area contributed by atoms with Gasteiger partial charge in [-0.1, -0.05) is 24.3 Å². The second-order valence-electron chi connectivity index (χ2n) is 4.65. The number of carbonyl (C=O) groups excluding carboxylic acids is 1. The summed E-state index contributed by atoms with van der Waals surface area (Å²) in [5.74, 6) is 0.232. The van der Waals surface area contributed by atoms with E-state index in [2.05, 4.69) is 11.1 Å². The molecular weight excluding hydrogens is 226 g/mol. The lowest BCUT2D eigenvalue weighted by Gasteiger charge is -2.05. The maximum atomic E-state index is 11.7. The van der Waals surface area contributed by atoms with Gasteiger partial charge in [-0.3, -0.25) is 9.78 Å². The smallest absolute Gasteiger partial charge is 0.309 e. The van der Waals surface area contributed by atoms with Crippen molar-refractivity contribution in [2.75, 3.05) is 6.61 Å². The maximum Gasteiger partial charge on any atom is 0.309 e. The molecular formula is C15H15NO2. The largest absolute Gasteiger partial charge is 0.466 e. The van der Waals surface area contributed by atoms with Gasteiger partial charge in [0.2, 0.25) is 0 Å². The van der Waals surface area contributed by atoms with Crippen molar-refractivity contribution in [3.05, 3.63) is 42.2 Å². The summed E-state index contributed by atoms with van der Waals surface area (Å²) in [5, 5.41) is 2.33. The van der Waals surface area contributed by atoms with Crippen molar-refractivity contribution in [1.29, 1.82) is 0 Å². The molecule has 0 bridgehead atoms. The van der Waals surface area contributed by atoms with Crippen molar-refractivity contribution in [2.24, 2.45) is 5.92 Å². The first-order valence-corrected chi connectivity index (χ1v) is 6.30. The van der Waals surface area contributed by atoms with Crippen LogP contribution < -0.4 is 0 Å². The molecule has 0 amide bonds. The molecule has 0 N–H and O–H groups in total. The minimum Gasteiger partial charge on any atom is -0.466 e. The molecule has 1 fully saturated rings. The third-order valence-electron chi connectivity index (χ3n) is 3.48. The Morgan fingerprint density at radius 1 is 1.39 bits per heavy atom. The van der Waals surface area contributed by atoms with Crippen molar-refractivity contribution in [1.82, 2.24) is 4.98 Å². The molecule has 1 aliphatic carbocycles. The van der Waals surface area contributed by atoms with Gasteiger partial charge in [0.1, 0.15) is 0 Å². The van der Waals surface area contributed by atoms with E-state index in [4.69, 9.17) is 4.74 Å². The van der Waals surface area contributed by atoms with Crippen LogP contribution in [-0.4, -0.2) is 17.6 Å². The monoisotopic (exact) mass is 241 g/mol. The minimum atomic E-state index is -0.0737. The lowest BCUT2D eigenvalue weighted by Crippen LogP contribution is -2.07. The number of fused-ring (bicyclic) bond motifs is 1. The third-order valence-corrected chi connectivity index (χ3v) is 3.48. The fourth-order valence-corrected chi connectivity index (χ4v) is 2.48. The first-order valence-electron chi connectivity index (χ1n) is 6.30. The van der Waals surface area contributed by atoms with Crippen molar-refractivity contribution in [3.8, 4) is 0 Å². The molecule has 2 atom stereocenters. The van der Waals surface area contributed by atoms with Crippen LogP contribution in [0.5, 0.6) is 0 Å². The van der Waals surface area contributed by atoms with Crippen LogP contribution in [0.15, 0.2) is 36.7 Å². The van der Waals surface area contributed by atoms with Gasteiger partial charge < -0.3 is 4.74 Å². The summed E-state index contributed by atoms with van der Waals surface area (Å²) in [4.78, 5) is 15.9. The van der Waals surface area contributed by atoms with Crippen molar-refractivity contribution in [2.45, 2.75) is 19.3 Å². The van der Waals surface area contributed by atoms with E-state index in [1.807, 2.05) is 37.5 Å². The van der Waals surface area contributed by atoms with Crippen LogP contribution in [0.1, 0.15) is 24.8 Å². The SMILES string of the molecule is CCOC(=O)[C@@H]1C[C@H]1c1cncc2ccccc12. The average molecular weight is 241 g/mol. The van der Waals surface area contributed by atoms with Crippen LogP contribution >= 0.6 is 0 Å². The van der Waals surface area contributed by atoms with E-state index >= 15 is 0 Å². The van der Waals surface area contributed by atoms with Crippen molar-refractivity contribution < 1.29 is 9.53 Å². The molecule has 1 saturated carbocycles. The van der Waals surface area contributed by atoms with E-state index in [0.29, 0.717) is 6.61 Å². The Kier molecular flexibility index (Phi) is 2.74. The molecule has 3 rings (SSSR count). The number of pyridine rings is 1. The summed E-state index contributed by atoms with van der Waals surface area (Å²) >= 11 is 0. The number of hydrogen-bond donors (Lipinski definition) is 0. The molecule has 2 aromatic rings. The van der Waals surface area contributed by atoms with Gasteiger partial charge in [0.15, 0.2) is 0 Å². The van der Waals surface area contributed by atoms with Crippen LogP contribution in [0.4, 0.5) is 0 Å². The average Bonchev–Trinajstić information content (AvgIpc) is 3.18. The van der Waals surface area contributed by atoms with Gasteiger partial charge >= 0.3 is 5.97 Å². The Labute approximate surface area is 106 Å². The molecule has 18 heavy (non-hydrogen) atoms.